The molecule has 112 valence electrons. The maximum atomic E-state index is 13.6. The van der Waals surface area contributed by atoms with E-state index in [1.807, 2.05) is 19.0 Å². The Kier molecular flexibility index (Phi) is 5.77. The van der Waals surface area contributed by atoms with Crippen LogP contribution in [0.1, 0.15) is 12.5 Å². The molecule has 0 aliphatic heterocycles. The van der Waals surface area contributed by atoms with E-state index >= 15 is 0 Å². The highest BCUT2D eigenvalue weighted by Gasteiger charge is 2.37. The summed E-state index contributed by atoms with van der Waals surface area (Å²) in [6.45, 7) is 2.49. The van der Waals surface area contributed by atoms with Crippen LogP contribution >= 0.6 is 23.2 Å². The molecule has 20 heavy (non-hydrogen) atoms. The molecule has 0 bridgehead atoms. The van der Waals surface area contributed by atoms with Gasteiger partial charge in [0.1, 0.15) is 11.4 Å². The Hall–Kier alpha value is -0.880. The van der Waals surface area contributed by atoms with E-state index in [-0.39, 0.29) is 15.6 Å². The molecule has 7 heteroatoms. The zero-order valence-corrected chi connectivity index (χ0v) is 13.0. The number of hydrogen-bond acceptors (Lipinski definition) is 3. The molecule has 2 N–H and O–H groups in total. The van der Waals surface area contributed by atoms with Gasteiger partial charge in [-0.25, -0.2) is 9.18 Å². The van der Waals surface area contributed by atoms with Crippen LogP contribution in [-0.4, -0.2) is 43.2 Å². The van der Waals surface area contributed by atoms with Crippen LogP contribution in [0.2, 0.25) is 10.0 Å². The number of hydrogen-bond donors (Lipinski definition) is 2. The fourth-order valence-corrected chi connectivity index (χ4v) is 2.29. The Morgan fingerprint density at radius 2 is 2.00 bits per heavy atom. The molecule has 0 amide bonds. The number of carbonyl (C=O) groups is 1. The molecule has 0 aromatic heterocycles. The quantitative estimate of drug-likeness (QED) is 0.790. The smallest absolute Gasteiger partial charge is 0.328 e. The first-order chi connectivity index (χ1) is 9.18. The van der Waals surface area contributed by atoms with Gasteiger partial charge in [-0.2, -0.15) is 0 Å². The Labute approximate surface area is 127 Å². The van der Waals surface area contributed by atoms with Crippen LogP contribution in [0.3, 0.4) is 0 Å². The highest BCUT2D eigenvalue weighted by molar-refractivity contribution is 6.35. The summed E-state index contributed by atoms with van der Waals surface area (Å²) in [7, 11) is 3.74. The van der Waals surface area contributed by atoms with Crippen LogP contribution in [-0.2, 0) is 10.3 Å². The molecule has 0 aliphatic carbocycles. The van der Waals surface area contributed by atoms with Gasteiger partial charge in [-0.1, -0.05) is 23.2 Å². The summed E-state index contributed by atoms with van der Waals surface area (Å²) < 4.78 is 13.6. The number of nitrogens with zero attached hydrogens (tertiary/aromatic N) is 1. The maximum Gasteiger partial charge on any atom is 0.328 e. The van der Waals surface area contributed by atoms with E-state index in [1.54, 1.807) is 0 Å². The van der Waals surface area contributed by atoms with E-state index in [9.17, 15) is 14.3 Å². The number of benzene rings is 1. The number of carboxylic acids is 1. The van der Waals surface area contributed by atoms with Gasteiger partial charge < -0.3 is 10.0 Å². The topological polar surface area (TPSA) is 52.6 Å². The molecule has 0 spiro atoms. The molecule has 0 saturated heterocycles. The molecule has 1 unspecified atom stereocenters. The number of rotatable bonds is 6. The lowest BCUT2D eigenvalue weighted by atomic mass is 9.91. The van der Waals surface area contributed by atoms with Gasteiger partial charge in [0.15, 0.2) is 0 Å². The largest absolute Gasteiger partial charge is 0.480 e. The first-order valence-corrected chi connectivity index (χ1v) is 6.72. The average molecular weight is 323 g/mol. The lowest BCUT2D eigenvalue weighted by Crippen LogP contribution is -2.49. The Morgan fingerprint density at radius 3 is 2.50 bits per heavy atom. The van der Waals surface area contributed by atoms with Gasteiger partial charge in [-0.3, -0.25) is 5.32 Å². The third kappa shape index (κ3) is 3.82. The summed E-state index contributed by atoms with van der Waals surface area (Å²) in [6.07, 6.45) is 0. The van der Waals surface area contributed by atoms with Gasteiger partial charge in [0, 0.05) is 23.7 Å². The maximum absolute atomic E-state index is 13.6. The fraction of sp³-hybridized carbons (Fsp3) is 0.462. The highest BCUT2D eigenvalue weighted by atomic mass is 35.5. The summed E-state index contributed by atoms with van der Waals surface area (Å²) >= 11 is 11.6. The molecule has 0 heterocycles. The van der Waals surface area contributed by atoms with Crippen molar-refractivity contribution in [1.82, 2.24) is 10.2 Å². The van der Waals surface area contributed by atoms with Crippen LogP contribution in [0.4, 0.5) is 4.39 Å². The molecular weight excluding hydrogens is 306 g/mol. The number of nitrogens with one attached hydrogen (secondary N) is 1. The standard InChI is InChI=1S/C13H17Cl2FN2O2/c1-13(12(19)20,17-4-5-18(2)3)8-6-11(16)10(15)7-9(8)14/h6-7,17H,4-5H2,1-3H3,(H,19,20). The minimum absolute atomic E-state index is 0.110. The molecule has 0 saturated carbocycles. The summed E-state index contributed by atoms with van der Waals surface area (Å²) in [5.41, 5.74) is -1.34. The molecular formula is C13H17Cl2FN2O2. The lowest BCUT2D eigenvalue weighted by Gasteiger charge is -2.28. The van der Waals surface area contributed by atoms with Crippen molar-refractivity contribution in [2.24, 2.45) is 0 Å². The van der Waals surface area contributed by atoms with E-state index < -0.39 is 17.3 Å². The molecule has 1 atom stereocenters. The van der Waals surface area contributed by atoms with Crippen molar-refractivity contribution in [3.63, 3.8) is 0 Å². The monoisotopic (exact) mass is 322 g/mol. The number of aliphatic carboxylic acids is 1. The van der Waals surface area contributed by atoms with Gasteiger partial charge in [0.2, 0.25) is 0 Å². The zero-order valence-electron chi connectivity index (χ0n) is 11.5. The molecule has 1 aromatic rings. The summed E-state index contributed by atoms with van der Waals surface area (Å²) in [6, 6.07) is 2.27. The summed E-state index contributed by atoms with van der Waals surface area (Å²) in [5.74, 6) is -1.84. The van der Waals surface area contributed by atoms with Gasteiger partial charge in [-0.05, 0) is 33.2 Å². The third-order valence-electron chi connectivity index (χ3n) is 3.01. The van der Waals surface area contributed by atoms with Crippen molar-refractivity contribution in [2.75, 3.05) is 27.2 Å². The van der Waals surface area contributed by atoms with Crippen LogP contribution < -0.4 is 5.32 Å². The van der Waals surface area contributed by atoms with Crippen molar-refractivity contribution in [1.29, 1.82) is 0 Å². The van der Waals surface area contributed by atoms with Gasteiger partial charge >= 0.3 is 5.97 Å². The van der Waals surface area contributed by atoms with E-state index in [4.69, 9.17) is 23.2 Å². The van der Waals surface area contributed by atoms with Crippen molar-refractivity contribution >= 4 is 29.2 Å². The molecule has 0 fully saturated rings. The normalized spacial score (nSPS) is 14.3. The molecule has 4 nitrogen and oxygen atoms in total. The fourth-order valence-electron chi connectivity index (χ4n) is 1.72. The summed E-state index contributed by atoms with van der Waals surface area (Å²) in [4.78, 5) is 13.5. The first kappa shape index (κ1) is 17.2. The lowest BCUT2D eigenvalue weighted by molar-refractivity contribution is -0.144. The third-order valence-corrected chi connectivity index (χ3v) is 3.62. The van der Waals surface area contributed by atoms with Crippen LogP contribution in [0.25, 0.3) is 0 Å². The Morgan fingerprint density at radius 1 is 1.40 bits per heavy atom. The van der Waals surface area contributed by atoms with Gasteiger partial charge in [0.25, 0.3) is 0 Å². The van der Waals surface area contributed by atoms with Crippen molar-refractivity contribution in [3.05, 3.63) is 33.6 Å². The minimum Gasteiger partial charge on any atom is -0.480 e. The second-order valence-electron chi connectivity index (χ2n) is 4.91. The molecule has 0 radical (unpaired) electrons. The van der Waals surface area contributed by atoms with Crippen LogP contribution in [0, 0.1) is 5.82 Å². The Bertz CT molecular complexity index is 511. The SMILES string of the molecule is CN(C)CCNC(C)(C(=O)O)c1cc(F)c(Cl)cc1Cl. The van der Waals surface area contributed by atoms with E-state index in [1.165, 1.54) is 13.0 Å². The molecule has 1 aromatic carbocycles. The van der Waals surface area contributed by atoms with E-state index in [0.717, 1.165) is 6.07 Å². The first-order valence-electron chi connectivity index (χ1n) is 5.96. The highest BCUT2D eigenvalue weighted by Crippen LogP contribution is 2.32. The second-order valence-corrected chi connectivity index (χ2v) is 5.72. The van der Waals surface area contributed by atoms with Gasteiger partial charge in [-0.15, -0.1) is 0 Å². The minimum atomic E-state index is -1.49. The molecule has 0 aliphatic rings. The van der Waals surface area contributed by atoms with Crippen molar-refractivity contribution in [3.8, 4) is 0 Å². The molecule has 1 rings (SSSR count). The number of carboxylic acid groups (broad SMARTS) is 1. The summed E-state index contributed by atoms with van der Waals surface area (Å²) in [5, 5.41) is 12.3. The Balaban J connectivity index is 3.13. The van der Waals surface area contributed by atoms with Crippen molar-refractivity contribution < 1.29 is 14.3 Å². The van der Waals surface area contributed by atoms with Crippen LogP contribution in [0.5, 0.6) is 0 Å². The predicted molar refractivity (Wildman–Crippen MR) is 78.0 cm³/mol. The number of likely N-dealkylation sites (N-methyl/N-ethyl adjacent to an activating group) is 1. The second kappa shape index (κ2) is 6.72. The zero-order chi connectivity index (χ0) is 15.5. The van der Waals surface area contributed by atoms with Gasteiger partial charge in [0.05, 0.1) is 5.02 Å². The predicted octanol–water partition coefficient (Wildman–Crippen LogP) is 2.58. The average Bonchev–Trinajstić information content (AvgIpc) is 2.32. The van der Waals surface area contributed by atoms with Crippen molar-refractivity contribution in [2.45, 2.75) is 12.5 Å². The van der Waals surface area contributed by atoms with E-state index in [0.29, 0.717) is 13.1 Å². The van der Waals surface area contributed by atoms with Crippen LogP contribution in [0.15, 0.2) is 12.1 Å². The van der Waals surface area contributed by atoms with E-state index in [2.05, 4.69) is 5.32 Å². The number of halogens is 3.